The lowest BCUT2D eigenvalue weighted by atomic mass is 10.0. The first kappa shape index (κ1) is 21.6. The fourth-order valence-electron chi connectivity index (χ4n) is 4.10. The third kappa shape index (κ3) is 4.14. The van der Waals surface area contributed by atoms with Crippen molar-refractivity contribution in [3.05, 3.63) is 52.1 Å². The highest BCUT2D eigenvalue weighted by atomic mass is 32.1. The molecule has 0 saturated carbocycles. The van der Waals surface area contributed by atoms with Crippen LogP contribution in [-0.4, -0.2) is 40.0 Å². The lowest BCUT2D eigenvalue weighted by molar-refractivity contribution is -0.120. The highest BCUT2D eigenvalue weighted by molar-refractivity contribution is 7.21. The molecule has 0 bridgehead atoms. The Morgan fingerprint density at radius 2 is 2.00 bits per heavy atom. The van der Waals surface area contributed by atoms with Gasteiger partial charge in [-0.3, -0.25) is 14.2 Å². The van der Waals surface area contributed by atoms with Gasteiger partial charge in [0.15, 0.2) is 21.3 Å². The summed E-state index contributed by atoms with van der Waals surface area (Å²) >= 11 is 1.38. The van der Waals surface area contributed by atoms with Crippen LogP contribution >= 0.6 is 11.3 Å². The monoisotopic (exact) mass is 440 g/mol. The number of hydrogen-bond donors (Lipinski definition) is 0. The number of hydrogen-bond acceptors (Lipinski definition) is 7. The number of rotatable bonds is 7. The summed E-state index contributed by atoms with van der Waals surface area (Å²) in [5, 5.41) is 0.697. The summed E-state index contributed by atoms with van der Waals surface area (Å²) in [4.78, 5) is 37.9. The van der Waals surface area contributed by atoms with Crippen LogP contribution in [0.25, 0.3) is 10.3 Å². The number of anilines is 1. The molecule has 0 aliphatic carbocycles. The maximum atomic E-state index is 13.0. The number of methoxy groups -OCH3 is 1. The van der Waals surface area contributed by atoms with Crippen LogP contribution in [0.5, 0.6) is 0 Å². The minimum atomic E-state index is -0.699. The van der Waals surface area contributed by atoms with Gasteiger partial charge in [-0.2, -0.15) is 0 Å². The van der Waals surface area contributed by atoms with Crippen LogP contribution < -0.4 is 10.5 Å². The zero-order valence-corrected chi connectivity index (χ0v) is 19.2. The second-order valence-electron chi connectivity index (χ2n) is 8.47. The standard InChI is InChI=1S/C23H28N4O3S/c1-23(2,30-4)21-25-19-18(20(29)26(21)3)24-22(31-19)27-14-8-11-16(27)17(28)13-12-15-9-6-5-7-10-15/h5-7,9-10,16H,8,11-14H2,1-4H3/t16-/m1/s1. The Kier molecular flexibility index (Phi) is 5.94. The van der Waals surface area contributed by atoms with E-state index in [1.807, 2.05) is 44.2 Å². The number of Topliss-reactive ketones (excluding diaryl/α,β-unsaturated/α-hetero) is 1. The molecule has 0 spiro atoms. The molecule has 0 amide bonds. The Hall–Kier alpha value is -2.58. The van der Waals surface area contributed by atoms with Crippen molar-refractivity contribution in [1.82, 2.24) is 14.5 Å². The molecule has 8 heteroatoms. The fraction of sp³-hybridized carbons (Fsp3) is 0.478. The molecule has 1 aliphatic heterocycles. The van der Waals surface area contributed by atoms with Crippen LogP contribution in [0.1, 0.15) is 44.5 Å². The number of aryl methyl sites for hydroxylation is 1. The predicted octanol–water partition coefficient (Wildman–Crippen LogP) is 3.44. The van der Waals surface area contributed by atoms with Gasteiger partial charge in [0.05, 0.1) is 6.04 Å². The average Bonchev–Trinajstić information content (AvgIpc) is 3.42. The number of nitrogens with zero attached hydrogens (tertiary/aromatic N) is 4. The summed E-state index contributed by atoms with van der Waals surface area (Å²) in [5.74, 6) is 0.780. The van der Waals surface area contributed by atoms with E-state index in [-0.39, 0.29) is 17.4 Å². The number of fused-ring (bicyclic) bond motifs is 1. The number of benzene rings is 1. The van der Waals surface area contributed by atoms with E-state index in [1.165, 1.54) is 21.5 Å². The van der Waals surface area contributed by atoms with Gasteiger partial charge in [0.1, 0.15) is 11.4 Å². The molecule has 3 heterocycles. The quantitative estimate of drug-likeness (QED) is 0.560. The number of ketones is 1. The molecular formula is C23H28N4O3S. The Morgan fingerprint density at radius 1 is 1.26 bits per heavy atom. The molecule has 3 aromatic rings. The highest BCUT2D eigenvalue weighted by Crippen LogP contribution is 2.33. The first-order valence-electron chi connectivity index (χ1n) is 10.6. The number of carbonyl (C=O) groups is 1. The number of aromatic nitrogens is 3. The first-order chi connectivity index (χ1) is 14.8. The normalized spacial score (nSPS) is 16.9. The van der Waals surface area contributed by atoms with Crippen molar-refractivity contribution < 1.29 is 9.53 Å². The van der Waals surface area contributed by atoms with Crippen molar-refractivity contribution in [2.24, 2.45) is 7.05 Å². The van der Waals surface area contributed by atoms with Gasteiger partial charge in [-0.15, -0.1) is 0 Å². The van der Waals surface area contributed by atoms with Gasteiger partial charge in [0, 0.05) is 27.1 Å². The summed E-state index contributed by atoms with van der Waals surface area (Å²) in [7, 11) is 3.29. The lowest BCUT2D eigenvalue weighted by Crippen LogP contribution is -2.36. The third-order valence-corrected chi connectivity index (χ3v) is 7.04. The summed E-state index contributed by atoms with van der Waals surface area (Å²) in [6.45, 7) is 4.52. The Morgan fingerprint density at radius 3 is 2.71 bits per heavy atom. The van der Waals surface area contributed by atoms with E-state index in [0.717, 1.165) is 25.8 Å². The van der Waals surface area contributed by atoms with Gasteiger partial charge in [0.2, 0.25) is 0 Å². The maximum absolute atomic E-state index is 13.0. The Bertz CT molecular complexity index is 1150. The van der Waals surface area contributed by atoms with E-state index < -0.39 is 5.60 Å². The second-order valence-corrected chi connectivity index (χ2v) is 9.42. The van der Waals surface area contributed by atoms with Gasteiger partial charge in [-0.1, -0.05) is 41.7 Å². The smallest absolute Gasteiger partial charge is 0.280 e. The largest absolute Gasteiger partial charge is 0.371 e. The molecule has 0 unspecified atom stereocenters. The minimum Gasteiger partial charge on any atom is -0.371 e. The average molecular weight is 441 g/mol. The van der Waals surface area contributed by atoms with Crippen molar-refractivity contribution in [3.8, 4) is 0 Å². The topological polar surface area (TPSA) is 77.3 Å². The van der Waals surface area contributed by atoms with Crippen LogP contribution in [0.3, 0.4) is 0 Å². The van der Waals surface area contributed by atoms with Crippen LogP contribution in [-0.2, 0) is 28.6 Å². The molecule has 0 radical (unpaired) electrons. The predicted molar refractivity (Wildman–Crippen MR) is 123 cm³/mol. The van der Waals surface area contributed by atoms with Crippen molar-refractivity contribution in [2.45, 2.75) is 51.2 Å². The number of carbonyl (C=O) groups excluding carboxylic acids is 1. The van der Waals surface area contributed by atoms with Gasteiger partial charge in [-0.25, -0.2) is 9.97 Å². The van der Waals surface area contributed by atoms with Gasteiger partial charge >= 0.3 is 0 Å². The second kappa shape index (κ2) is 8.51. The molecule has 1 aromatic carbocycles. The van der Waals surface area contributed by atoms with E-state index in [0.29, 0.717) is 27.7 Å². The molecule has 4 rings (SSSR count). The third-order valence-electron chi connectivity index (χ3n) is 6.05. The summed E-state index contributed by atoms with van der Waals surface area (Å²) in [6.07, 6.45) is 2.99. The lowest BCUT2D eigenvalue weighted by Gasteiger charge is -2.23. The molecule has 164 valence electrons. The van der Waals surface area contributed by atoms with E-state index in [1.54, 1.807) is 14.2 Å². The molecule has 1 fully saturated rings. The molecule has 2 aromatic heterocycles. The Balaban J connectivity index is 1.61. The zero-order chi connectivity index (χ0) is 22.2. The number of thiazole rings is 1. The highest BCUT2D eigenvalue weighted by Gasteiger charge is 2.33. The van der Waals surface area contributed by atoms with Gasteiger partial charge in [0.25, 0.3) is 5.56 Å². The van der Waals surface area contributed by atoms with E-state index in [2.05, 4.69) is 9.88 Å². The first-order valence-corrected chi connectivity index (χ1v) is 11.4. The van der Waals surface area contributed by atoms with Crippen molar-refractivity contribution >= 4 is 32.6 Å². The van der Waals surface area contributed by atoms with Gasteiger partial charge < -0.3 is 9.64 Å². The molecule has 1 saturated heterocycles. The van der Waals surface area contributed by atoms with Crippen molar-refractivity contribution in [2.75, 3.05) is 18.6 Å². The van der Waals surface area contributed by atoms with Crippen LogP contribution in [0.2, 0.25) is 0 Å². The molecule has 1 atom stereocenters. The summed E-state index contributed by atoms with van der Waals surface area (Å²) < 4.78 is 7.04. The molecule has 7 nitrogen and oxygen atoms in total. The van der Waals surface area contributed by atoms with Gasteiger partial charge in [-0.05, 0) is 38.7 Å². The Labute approximate surface area is 185 Å². The molecular weight excluding hydrogens is 412 g/mol. The minimum absolute atomic E-state index is 0.192. The molecule has 31 heavy (non-hydrogen) atoms. The fourth-order valence-corrected chi connectivity index (χ4v) is 5.11. The van der Waals surface area contributed by atoms with Crippen molar-refractivity contribution in [1.29, 1.82) is 0 Å². The maximum Gasteiger partial charge on any atom is 0.280 e. The van der Waals surface area contributed by atoms with E-state index in [9.17, 15) is 9.59 Å². The van der Waals surface area contributed by atoms with Crippen molar-refractivity contribution in [3.63, 3.8) is 0 Å². The SMILES string of the molecule is COC(C)(C)c1nc2sc(N3CCC[C@@H]3C(=O)CCc3ccccc3)nc2c(=O)n1C. The van der Waals surface area contributed by atoms with E-state index >= 15 is 0 Å². The number of ether oxygens (including phenoxy) is 1. The molecule has 0 N–H and O–H groups in total. The van der Waals surface area contributed by atoms with Crippen LogP contribution in [0.4, 0.5) is 5.13 Å². The molecule has 1 aliphatic rings. The van der Waals surface area contributed by atoms with E-state index in [4.69, 9.17) is 9.72 Å². The summed E-state index contributed by atoms with van der Waals surface area (Å²) in [6, 6.07) is 9.88. The summed E-state index contributed by atoms with van der Waals surface area (Å²) in [5.41, 5.74) is 0.622. The zero-order valence-electron chi connectivity index (χ0n) is 18.4. The van der Waals surface area contributed by atoms with Crippen LogP contribution in [0, 0.1) is 0 Å². The van der Waals surface area contributed by atoms with Crippen LogP contribution in [0.15, 0.2) is 35.1 Å².